The summed E-state index contributed by atoms with van der Waals surface area (Å²) in [6.45, 7) is 2.53. The van der Waals surface area contributed by atoms with Crippen LogP contribution in [-0.2, 0) is 17.8 Å². The van der Waals surface area contributed by atoms with E-state index in [1.54, 1.807) is 35.6 Å². The van der Waals surface area contributed by atoms with Crippen molar-refractivity contribution < 1.29 is 9.59 Å². The molecule has 0 aliphatic carbocycles. The first-order valence-electron chi connectivity index (χ1n) is 9.71. The Kier molecular flexibility index (Phi) is 7.13. The maximum Gasteiger partial charge on any atom is 0.290 e. The molecule has 1 aromatic carbocycles. The van der Waals surface area contributed by atoms with Crippen molar-refractivity contribution in [2.75, 3.05) is 0 Å². The summed E-state index contributed by atoms with van der Waals surface area (Å²) in [6, 6.07) is 10.8. The van der Waals surface area contributed by atoms with Gasteiger partial charge in [-0.25, -0.2) is 4.68 Å². The molecule has 0 saturated heterocycles. The van der Waals surface area contributed by atoms with Crippen LogP contribution in [0, 0.1) is 0 Å². The van der Waals surface area contributed by atoms with Gasteiger partial charge in [0.25, 0.3) is 11.5 Å². The lowest BCUT2D eigenvalue weighted by Gasteiger charge is -2.12. The van der Waals surface area contributed by atoms with Crippen LogP contribution in [0.1, 0.15) is 48.0 Å². The second-order valence-electron chi connectivity index (χ2n) is 6.71. The fraction of sp³-hybridized carbons (Fsp3) is 0.333. The van der Waals surface area contributed by atoms with Gasteiger partial charge in [-0.1, -0.05) is 44.0 Å². The largest absolute Gasteiger partial charge is 0.290 e. The summed E-state index contributed by atoms with van der Waals surface area (Å²) in [4.78, 5) is 38.5. The molecule has 0 saturated carbocycles. The molecule has 0 radical (unpaired) electrons. The average molecular weight is 413 g/mol. The number of fused-ring (bicyclic) bond motifs is 1. The van der Waals surface area contributed by atoms with Crippen molar-refractivity contribution in [3.05, 3.63) is 62.7 Å². The van der Waals surface area contributed by atoms with Crippen LogP contribution in [0.5, 0.6) is 0 Å². The van der Waals surface area contributed by atoms with E-state index in [1.807, 2.05) is 17.5 Å². The van der Waals surface area contributed by atoms with Gasteiger partial charge in [0.2, 0.25) is 5.91 Å². The molecule has 3 aromatic rings. The zero-order valence-electron chi connectivity index (χ0n) is 16.3. The predicted molar refractivity (Wildman–Crippen MR) is 114 cm³/mol. The number of carbonyl (C=O) groups excluding carboxylic acids is 2. The third-order valence-corrected chi connectivity index (χ3v) is 5.49. The van der Waals surface area contributed by atoms with E-state index in [0.717, 1.165) is 24.1 Å². The van der Waals surface area contributed by atoms with E-state index < -0.39 is 5.91 Å². The number of benzene rings is 1. The molecule has 7 nitrogen and oxygen atoms in total. The molecule has 0 atom stereocenters. The van der Waals surface area contributed by atoms with Crippen molar-refractivity contribution in [3.63, 3.8) is 0 Å². The SMILES string of the molecule is CCCCCn1nc(C(=O)NNC(=O)CCc2cccs2)c2ccccc2c1=O. The number of hydrogen-bond acceptors (Lipinski definition) is 5. The molecule has 2 aromatic heterocycles. The fourth-order valence-electron chi connectivity index (χ4n) is 3.01. The van der Waals surface area contributed by atoms with E-state index in [2.05, 4.69) is 22.9 Å². The molecule has 0 bridgehead atoms. The van der Waals surface area contributed by atoms with Gasteiger partial charge in [0.15, 0.2) is 5.69 Å². The zero-order valence-corrected chi connectivity index (χ0v) is 17.1. The quantitative estimate of drug-likeness (QED) is 0.439. The molecule has 2 N–H and O–H groups in total. The molecule has 2 heterocycles. The molecule has 29 heavy (non-hydrogen) atoms. The standard InChI is InChI=1S/C21H24N4O3S/c1-2-3-6-13-25-21(28)17-10-5-4-9-16(17)19(24-25)20(27)23-22-18(26)12-11-15-8-7-14-29-15/h4-5,7-10,14H,2-3,6,11-13H2,1H3,(H,22,26)(H,23,27). The van der Waals surface area contributed by atoms with Gasteiger partial charge in [-0.15, -0.1) is 11.3 Å². The molecule has 0 aliphatic heterocycles. The molecule has 2 amide bonds. The van der Waals surface area contributed by atoms with Gasteiger partial charge in [-0.2, -0.15) is 5.10 Å². The predicted octanol–water partition coefficient (Wildman–Crippen LogP) is 3.04. The van der Waals surface area contributed by atoms with Gasteiger partial charge in [-0.05, 0) is 30.4 Å². The van der Waals surface area contributed by atoms with Gasteiger partial charge < -0.3 is 0 Å². The van der Waals surface area contributed by atoms with Gasteiger partial charge in [-0.3, -0.25) is 25.2 Å². The molecule has 0 fully saturated rings. The molecule has 8 heteroatoms. The van der Waals surface area contributed by atoms with Crippen molar-refractivity contribution in [2.45, 2.75) is 45.6 Å². The van der Waals surface area contributed by atoms with Gasteiger partial charge in [0.05, 0.1) is 5.39 Å². The highest BCUT2D eigenvalue weighted by Gasteiger charge is 2.17. The van der Waals surface area contributed by atoms with Crippen LogP contribution in [0.4, 0.5) is 0 Å². The molecule has 0 spiro atoms. The third-order valence-electron chi connectivity index (χ3n) is 4.55. The zero-order chi connectivity index (χ0) is 20.6. The Balaban J connectivity index is 1.73. The van der Waals surface area contributed by atoms with Crippen molar-refractivity contribution in [3.8, 4) is 0 Å². The molecular weight excluding hydrogens is 388 g/mol. The summed E-state index contributed by atoms with van der Waals surface area (Å²) in [5.41, 5.74) is 4.76. The number of amides is 2. The number of thiophene rings is 1. The highest BCUT2D eigenvalue weighted by molar-refractivity contribution is 7.09. The third kappa shape index (κ3) is 5.29. The molecule has 152 valence electrons. The van der Waals surface area contributed by atoms with E-state index in [9.17, 15) is 14.4 Å². The first kappa shape index (κ1) is 20.7. The van der Waals surface area contributed by atoms with E-state index in [1.165, 1.54) is 4.68 Å². The number of nitrogens with zero attached hydrogens (tertiary/aromatic N) is 2. The van der Waals surface area contributed by atoms with Crippen molar-refractivity contribution >= 4 is 33.9 Å². The number of nitrogens with one attached hydrogen (secondary N) is 2. The number of hydrogen-bond donors (Lipinski definition) is 2. The minimum absolute atomic E-state index is 0.121. The highest BCUT2D eigenvalue weighted by atomic mass is 32.1. The lowest BCUT2D eigenvalue weighted by atomic mass is 10.1. The first-order valence-corrected chi connectivity index (χ1v) is 10.6. The van der Waals surface area contributed by atoms with Crippen molar-refractivity contribution in [2.24, 2.45) is 0 Å². The number of aryl methyl sites for hydroxylation is 2. The topological polar surface area (TPSA) is 93.1 Å². The van der Waals surface area contributed by atoms with Gasteiger partial charge >= 0.3 is 0 Å². The lowest BCUT2D eigenvalue weighted by Crippen LogP contribution is -2.42. The second-order valence-corrected chi connectivity index (χ2v) is 7.74. The maximum atomic E-state index is 12.7. The Bertz CT molecular complexity index is 1040. The normalized spacial score (nSPS) is 10.8. The Hall–Kier alpha value is -3.00. The number of unbranched alkanes of at least 4 members (excludes halogenated alkanes) is 2. The lowest BCUT2D eigenvalue weighted by molar-refractivity contribution is -0.121. The van der Waals surface area contributed by atoms with Crippen LogP contribution < -0.4 is 16.4 Å². The van der Waals surface area contributed by atoms with Gasteiger partial charge in [0.1, 0.15) is 0 Å². The number of hydrazine groups is 1. The molecule has 3 rings (SSSR count). The minimum atomic E-state index is -0.546. The van der Waals surface area contributed by atoms with E-state index in [-0.39, 0.29) is 23.6 Å². The van der Waals surface area contributed by atoms with Crippen LogP contribution in [-0.4, -0.2) is 21.6 Å². The van der Waals surface area contributed by atoms with Crippen LogP contribution in [0.25, 0.3) is 10.8 Å². The number of rotatable bonds is 8. The van der Waals surface area contributed by atoms with E-state index >= 15 is 0 Å². The Morgan fingerprint density at radius 3 is 2.59 bits per heavy atom. The van der Waals surface area contributed by atoms with Gasteiger partial charge in [0, 0.05) is 23.2 Å². The molecular formula is C21H24N4O3S. The average Bonchev–Trinajstić information content (AvgIpc) is 3.26. The van der Waals surface area contributed by atoms with Crippen LogP contribution in [0.15, 0.2) is 46.6 Å². The fourth-order valence-corrected chi connectivity index (χ4v) is 3.71. The highest BCUT2D eigenvalue weighted by Crippen LogP contribution is 2.14. The van der Waals surface area contributed by atoms with Crippen LogP contribution >= 0.6 is 11.3 Å². The van der Waals surface area contributed by atoms with E-state index in [0.29, 0.717) is 23.7 Å². The Morgan fingerprint density at radius 1 is 1.07 bits per heavy atom. The smallest absolute Gasteiger partial charge is 0.273 e. The van der Waals surface area contributed by atoms with Crippen LogP contribution in [0.2, 0.25) is 0 Å². The van der Waals surface area contributed by atoms with Crippen LogP contribution in [0.3, 0.4) is 0 Å². The Morgan fingerprint density at radius 2 is 1.86 bits per heavy atom. The second kappa shape index (κ2) is 9.97. The maximum absolute atomic E-state index is 12.7. The monoisotopic (exact) mass is 412 g/mol. The van der Waals surface area contributed by atoms with E-state index in [4.69, 9.17) is 0 Å². The first-order chi connectivity index (χ1) is 14.1. The van der Waals surface area contributed by atoms with Crippen molar-refractivity contribution in [1.29, 1.82) is 0 Å². The van der Waals surface area contributed by atoms with Crippen molar-refractivity contribution in [1.82, 2.24) is 20.6 Å². The number of carbonyl (C=O) groups is 2. The summed E-state index contributed by atoms with van der Waals surface area (Å²) in [6.07, 6.45) is 3.69. The molecule has 0 aliphatic rings. The Labute approximate surface area is 172 Å². The minimum Gasteiger partial charge on any atom is -0.273 e. The number of aromatic nitrogens is 2. The summed E-state index contributed by atoms with van der Waals surface area (Å²) >= 11 is 1.59. The molecule has 0 unspecified atom stereocenters. The summed E-state index contributed by atoms with van der Waals surface area (Å²) in [5, 5.41) is 7.14. The summed E-state index contributed by atoms with van der Waals surface area (Å²) in [7, 11) is 0. The summed E-state index contributed by atoms with van der Waals surface area (Å²) < 4.78 is 1.34. The summed E-state index contributed by atoms with van der Waals surface area (Å²) in [5.74, 6) is -0.831.